The number of hydrogen-bond donors (Lipinski definition) is 1. The highest BCUT2D eigenvalue weighted by Crippen LogP contribution is 2.19. The number of piperidine rings is 1. The van der Waals surface area contributed by atoms with E-state index >= 15 is 0 Å². The molecule has 6 heteroatoms. The topological polar surface area (TPSA) is 71.8 Å². The molecule has 3 rings (SSSR count). The third kappa shape index (κ3) is 5.44. The van der Waals surface area contributed by atoms with E-state index in [1.165, 1.54) is 0 Å². The Morgan fingerprint density at radius 3 is 2.59 bits per heavy atom. The van der Waals surface area contributed by atoms with Crippen LogP contribution in [0.4, 0.5) is 0 Å². The van der Waals surface area contributed by atoms with Crippen LogP contribution in [0, 0.1) is 5.92 Å². The summed E-state index contributed by atoms with van der Waals surface area (Å²) >= 11 is 0. The van der Waals surface area contributed by atoms with Crippen molar-refractivity contribution in [3.05, 3.63) is 60.1 Å². The Morgan fingerprint density at radius 2 is 1.93 bits per heavy atom. The van der Waals surface area contributed by atoms with Crippen molar-refractivity contribution >= 4 is 11.8 Å². The van der Waals surface area contributed by atoms with Gasteiger partial charge >= 0.3 is 0 Å². The summed E-state index contributed by atoms with van der Waals surface area (Å²) in [5, 5.41) is 2.90. The molecule has 1 atom stereocenters. The van der Waals surface area contributed by atoms with Gasteiger partial charge in [0.05, 0.1) is 19.4 Å². The second-order valence-electron chi connectivity index (χ2n) is 6.84. The quantitative estimate of drug-likeness (QED) is 0.813. The summed E-state index contributed by atoms with van der Waals surface area (Å²) in [7, 11) is 0. The van der Waals surface area contributed by atoms with E-state index < -0.39 is 6.10 Å². The van der Waals surface area contributed by atoms with Crippen LogP contribution in [0.15, 0.2) is 53.1 Å². The molecule has 1 aromatic heterocycles. The Kier molecular flexibility index (Phi) is 6.65. The number of carbonyl (C=O) groups excluding carboxylic acids is 2. The smallest absolute Gasteiger partial charge is 0.251 e. The number of likely N-dealkylation sites (tertiary alicyclic amines) is 1. The number of furan rings is 1. The van der Waals surface area contributed by atoms with Crippen molar-refractivity contribution in [2.24, 2.45) is 5.92 Å². The van der Waals surface area contributed by atoms with Crippen molar-refractivity contribution in [1.29, 1.82) is 0 Å². The monoisotopic (exact) mass is 370 g/mol. The normalized spacial score (nSPS) is 16.1. The van der Waals surface area contributed by atoms with E-state index in [4.69, 9.17) is 9.15 Å². The highest BCUT2D eigenvalue weighted by atomic mass is 16.5. The highest BCUT2D eigenvalue weighted by Gasteiger charge is 2.29. The van der Waals surface area contributed by atoms with Gasteiger partial charge in [-0.3, -0.25) is 9.59 Å². The van der Waals surface area contributed by atoms with E-state index in [1.54, 1.807) is 24.2 Å². The third-order valence-corrected chi connectivity index (χ3v) is 4.88. The summed E-state index contributed by atoms with van der Waals surface area (Å²) in [5.74, 6) is 0.678. The molecule has 0 aliphatic carbocycles. The van der Waals surface area contributed by atoms with Crippen molar-refractivity contribution in [3.63, 3.8) is 0 Å². The summed E-state index contributed by atoms with van der Waals surface area (Å²) in [6, 6.07) is 13.4. The molecular formula is C21H26N2O4. The van der Waals surface area contributed by atoms with Crippen LogP contribution in [-0.4, -0.2) is 35.9 Å². The predicted octanol–water partition coefficient (Wildman–Crippen LogP) is 2.74. The first-order chi connectivity index (χ1) is 13.1. The summed E-state index contributed by atoms with van der Waals surface area (Å²) in [6.45, 7) is 3.76. The van der Waals surface area contributed by atoms with E-state index in [2.05, 4.69) is 5.32 Å². The van der Waals surface area contributed by atoms with E-state index in [0.717, 1.165) is 11.3 Å². The highest BCUT2D eigenvalue weighted by molar-refractivity contribution is 5.82. The van der Waals surface area contributed by atoms with Crippen LogP contribution in [-0.2, 0) is 27.5 Å². The lowest BCUT2D eigenvalue weighted by atomic mass is 9.95. The predicted molar refractivity (Wildman–Crippen MR) is 101 cm³/mol. The molecule has 6 nitrogen and oxygen atoms in total. The van der Waals surface area contributed by atoms with Crippen molar-refractivity contribution in [2.75, 3.05) is 13.1 Å². The number of hydrogen-bond acceptors (Lipinski definition) is 4. The molecule has 144 valence electrons. The van der Waals surface area contributed by atoms with Crippen LogP contribution in [0.1, 0.15) is 31.1 Å². The fraction of sp³-hybridized carbons (Fsp3) is 0.429. The molecule has 0 saturated carbocycles. The minimum absolute atomic E-state index is 0.0135. The lowest BCUT2D eigenvalue weighted by Crippen LogP contribution is -2.46. The van der Waals surface area contributed by atoms with Gasteiger partial charge in [-0.1, -0.05) is 30.3 Å². The summed E-state index contributed by atoms with van der Waals surface area (Å²) in [4.78, 5) is 26.6. The first-order valence-electron chi connectivity index (χ1n) is 9.38. The molecule has 2 heterocycles. The number of rotatable bonds is 7. The van der Waals surface area contributed by atoms with Crippen molar-refractivity contribution in [1.82, 2.24) is 10.2 Å². The molecule has 1 aromatic carbocycles. The van der Waals surface area contributed by atoms with Gasteiger partial charge in [-0.25, -0.2) is 0 Å². The lowest BCUT2D eigenvalue weighted by Gasteiger charge is -2.32. The molecule has 2 aromatic rings. The Morgan fingerprint density at radius 1 is 1.19 bits per heavy atom. The molecule has 27 heavy (non-hydrogen) atoms. The summed E-state index contributed by atoms with van der Waals surface area (Å²) < 4.78 is 10.9. The second kappa shape index (κ2) is 9.37. The van der Waals surface area contributed by atoms with E-state index in [0.29, 0.717) is 39.1 Å². The lowest BCUT2D eigenvalue weighted by molar-refractivity contribution is -0.146. The zero-order valence-corrected chi connectivity index (χ0v) is 15.6. The van der Waals surface area contributed by atoms with Crippen molar-refractivity contribution in [2.45, 2.75) is 39.0 Å². The largest absolute Gasteiger partial charge is 0.467 e. The number of carbonyl (C=O) groups is 2. The van der Waals surface area contributed by atoms with Gasteiger partial charge in [0.1, 0.15) is 11.9 Å². The van der Waals surface area contributed by atoms with Gasteiger partial charge in [0.15, 0.2) is 0 Å². The van der Waals surface area contributed by atoms with Gasteiger partial charge in [0.25, 0.3) is 5.91 Å². The SMILES string of the molecule is CC(OCc1ccccc1)C(=O)N1CCC(C(=O)NCc2ccco2)CC1. The maximum absolute atomic E-state index is 12.6. The fourth-order valence-corrected chi connectivity index (χ4v) is 3.22. The fourth-order valence-electron chi connectivity index (χ4n) is 3.22. The number of amides is 2. The first kappa shape index (κ1) is 19.2. The van der Waals surface area contributed by atoms with E-state index in [9.17, 15) is 9.59 Å². The Labute approximate surface area is 159 Å². The average Bonchev–Trinajstić information content (AvgIpc) is 3.24. The molecule has 0 radical (unpaired) electrons. The number of benzene rings is 1. The average molecular weight is 370 g/mol. The molecule has 1 fully saturated rings. The zero-order valence-electron chi connectivity index (χ0n) is 15.6. The minimum atomic E-state index is -0.491. The van der Waals surface area contributed by atoms with Crippen molar-refractivity contribution < 1.29 is 18.7 Å². The van der Waals surface area contributed by atoms with Crippen LogP contribution in [0.25, 0.3) is 0 Å². The molecule has 1 aliphatic heterocycles. The van der Waals surface area contributed by atoms with Crippen LogP contribution in [0.3, 0.4) is 0 Å². The van der Waals surface area contributed by atoms with Gasteiger partial charge in [-0.15, -0.1) is 0 Å². The van der Waals surface area contributed by atoms with Gasteiger partial charge < -0.3 is 19.4 Å². The number of ether oxygens (including phenoxy) is 1. The Balaban J connectivity index is 1.39. The van der Waals surface area contributed by atoms with Gasteiger partial charge in [-0.2, -0.15) is 0 Å². The summed E-state index contributed by atoms with van der Waals surface area (Å²) in [5.41, 5.74) is 1.05. The number of nitrogens with one attached hydrogen (secondary N) is 1. The van der Waals surface area contributed by atoms with Gasteiger partial charge in [-0.05, 0) is 37.5 Å². The van der Waals surface area contributed by atoms with Crippen molar-refractivity contribution in [3.8, 4) is 0 Å². The zero-order chi connectivity index (χ0) is 19.1. The van der Waals surface area contributed by atoms with Crippen LogP contribution >= 0.6 is 0 Å². The third-order valence-electron chi connectivity index (χ3n) is 4.88. The Hall–Kier alpha value is -2.60. The van der Waals surface area contributed by atoms with E-state index in [1.807, 2.05) is 36.4 Å². The minimum Gasteiger partial charge on any atom is -0.467 e. The molecule has 1 N–H and O–H groups in total. The molecule has 1 saturated heterocycles. The number of nitrogens with zero attached hydrogens (tertiary/aromatic N) is 1. The molecular weight excluding hydrogens is 344 g/mol. The second-order valence-corrected chi connectivity index (χ2v) is 6.84. The maximum Gasteiger partial charge on any atom is 0.251 e. The molecule has 1 aliphatic rings. The first-order valence-corrected chi connectivity index (χ1v) is 9.38. The molecule has 2 amide bonds. The van der Waals surface area contributed by atoms with Crippen LogP contribution in [0.2, 0.25) is 0 Å². The van der Waals surface area contributed by atoms with Gasteiger partial charge in [0, 0.05) is 19.0 Å². The summed E-state index contributed by atoms with van der Waals surface area (Å²) in [6.07, 6.45) is 2.43. The molecule has 0 bridgehead atoms. The van der Waals surface area contributed by atoms with Crippen LogP contribution in [0.5, 0.6) is 0 Å². The molecule has 0 spiro atoms. The maximum atomic E-state index is 12.6. The van der Waals surface area contributed by atoms with E-state index in [-0.39, 0.29) is 17.7 Å². The Bertz CT molecular complexity index is 722. The standard InChI is InChI=1S/C21H26N2O4/c1-16(27-15-17-6-3-2-4-7-17)21(25)23-11-9-18(10-12-23)20(24)22-14-19-8-5-13-26-19/h2-8,13,16,18H,9-12,14-15H2,1H3,(H,22,24). The van der Waals surface area contributed by atoms with Crippen LogP contribution < -0.4 is 5.32 Å². The molecule has 1 unspecified atom stereocenters. The van der Waals surface area contributed by atoms with Gasteiger partial charge in [0.2, 0.25) is 5.91 Å².